The SMILES string of the molecule is C=CCOC(O)C(C)O. The molecule has 0 radical (unpaired) electrons. The van der Waals surface area contributed by atoms with Crippen molar-refractivity contribution in [1.82, 2.24) is 0 Å². The summed E-state index contributed by atoms with van der Waals surface area (Å²) < 4.78 is 4.64. The number of aliphatic hydroxyl groups is 2. The van der Waals surface area contributed by atoms with Crippen LogP contribution < -0.4 is 0 Å². The molecule has 9 heavy (non-hydrogen) atoms. The number of hydrogen-bond donors (Lipinski definition) is 2. The predicted molar refractivity (Wildman–Crippen MR) is 33.8 cm³/mol. The van der Waals surface area contributed by atoms with E-state index in [2.05, 4.69) is 11.3 Å². The third-order valence-electron chi connectivity index (χ3n) is 0.798. The summed E-state index contributed by atoms with van der Waals surface area (Å²) in [6, 6.07) is 0. The van der Waals surface area contributed by atoms with Crippen molar-refractivity contribution in [3.8, 4) is 0 Å². The van der Waals surface area contributed by atoms with Gasteiger partial charge in [-0.15, -0.1) is 6.58 Å². The molecule has 2 unspecified atom stereocenters. The number of aliphatic hydroxyl groups excluding tert-OH is 2. The van der Waals surface area contributed by atoms with Gasteiger partial charge < -0.3 is 14.9 Å². The summed E-state index contributed by atoms with van der Waals surface area (Å²) in [5, 5.41) is 17.4. The van der Waals surface area contributed by atoms with Gasteiger partial charge in [-0.25, -0.2) is 0 Å². The standard InChI is InChI=1S/C6H12O3/c1-3-4-9-6(8)5(2)7/h3,5-8H,1,4H2,2H3. The fourth-order valence-corrected chi connectivity index (χ4v) is 0.306. The van der Waals surface area contributed by atoms with E-state index in [-0.39, 0.29) is 6.61 Å². The fraction of sp³-hybridized carbons (Fsp3) is 0.667. The van der Waals surface area contributed by atoms with Crippen molar-refractivity contribution < 1.29 is 14.9 Å². The van der Waals surface area contributed by atoms with Gasteiger partial charge in [0.05, 0.1) is 6.61 Å². The van der Waals surface area contributed by atoms with Crippen molar-refractivity contribution in [3.63, 3.8) is 0 Å². The maximum absolute atomic E-state index is 8.74. The van der Waals surface area contributed by atoms with E-state index in [1.165, 1.54) is 13.0 Å². The van der Waals surface area contributed by atoms with Gasteiger partial charge in [-0.2, -0.15) is 0 Å². The van der Waals surface area contributed by atoms with Crippen LogP contribution in [-0.2, 0) is 4.74 Å². The molecule has 0 aromatic heterocycles. The molecule has 0 aromatic rings. The summed E-state index contributed by atoms with van der Waals surface area (Å²) in [7, 11) is 0. The minimum Gasteiger partial charge on any atom is -0.388 e. The van der Waals surface area contributed by atoms with E-state index in [9.17, 15) is 0 Å². The first-order valence-corrected chi connectivity index (χ1v) is 2.77. The minimum absolute atomic E-state index is 0.256. The predicted octanol–water partition coefficient (Wildman–Crippen LogP) is -0.112. The minimum atomic E-state index is -1.09. The summed E-state index contributed by atoms with van der Waals surface area (Å²) in [4.78, 5) is 0. The summed E-state index contributed by atoms with van der Waals surface area (Å²) in [6.45, 7) is 5.08. The van der Waals surface area contributed by atoms with Gasteiger partial charge in [-0.3, -0.25) is 0 Å². The van der Waals surface area contributed by atoms with Gasteiger partial charge in [0.25, 0.3) is 0 Å². The molecule has 0 bridgehead atoms. The van der Waals surface area contributed by atoms with E-state index in [1.807, 2.05) is 0 Å². The molecule has 0 aliphatic heterocycles. The first kappa shape index (κ1) is 8.62. The molecule has 0 aliphatic rings. The Hall–Kier alpha value is -0.380. The van der Waals surface area contributed by atoms with Gasteiger partial charge in [0.15, 0.2) is 6.29 Å². The molecule has 0 fully saturated rings. The van der Waals surface area contributed by atoms with Crippen LogP contribution in [0.4, 0.5) is 0 Å². The van der Waals surface area contributed by atoms with E-state index >= 15 is 0 Å². The lowest BCUT2D eigenvalue weighted by Gasteiger charge is -2.12. The smallest absolute Gasteiger partial charge is 0.180 e. The topological polar surface area (TPSA) is 49.7 Å². The van der Waals surface area contributed by atoms with Crippen LogP contribution in [0.5, 0.6) is 0 Å². The zero-order valence-corrected chi connectivity index (χ0v) is 5.45. The average Bonchev–Trinajstić information content (AvgIpc) is 1.82. The Morgan fingerprint density at radius 2 is 2.22 bits per heavy atom. The van der Waals surface area contributed by atoms with E-state index < -0.39 is 12.4 Å². The van der Waals surface area contributed by atoms with Crippen LogP contribution in [0.25, 0.3) is 0 Å². The Kier molecular flexibility index (Phi) is 4.30. The Balaban J connectivity index is 3.26. The Labute approximate surface area is 54.6 Å². The third kappa shape index (κ3) is 4.14. The molecule has 3 heteroatoms. The van der Waals surface area contributed by atoms with Crippen LogP contribution in [0.15, 0.2) is 12.7 Å². The Morgan fingerprint density at radius 1 is 1.67 bits per heavy atom. The number of rotatable bonds is 4. The highest BCUT2D eigenvalue weighted by Gasteiger charge is 2.08. The maximum atomic E-state index is 8.74. The van der Waals surface area contributed by atoms with Gasteiger partial charge in [0.2, 0.25) is 0 Å². The van der Waals surface area contributed by atoms with E-state index in [0.717, 1.165) is 0 Å². The molecule has 0 amide bonds. The largest absolute Gasteiger partial charge is 0.388 e. The van der Waals surface area contributed by atoms with Crippen molar-refractivity contribution in [2.75, 3.05) is 6.61 Å². The number of ether oxygens (including phenoxy) is 1. The first-order valence-electron chi connectivity index (χ1n) is 2.77. The van der Waals surface area contributed by atoms with Crippen LogP contribution in [0, 0.1) is 0 Å². The zero-order chi connectivity index (χ0) is 7.28. The second-order valence-electron chi connectivity index (χ2n) is 1.75. The molecule has 2 N–H and O–H groups in total. The van der Waals surface area contributed by atoms with Crippen molar-refractivity contribution in [2.24, 2.45) is 0 Å². The fourth-order valence-electron chi connectivity index (χ4n) is 0.306. The van der Waals surface area contributed by atoms with Gasteiger partial charge in [-0.1, -0.05) is 6.08 Å². The van der Waals surface area contributed by atoms with E-state index in [0.29, 0.717) is 0 Å². The second kappa shape index (κ2) is 4.49. The van der Waals surface area contributed by atoms with Crippen LogP contribution in [0.1, 0.15) is 6.92 Å². The van der Waals surface area contributed by atoms with Gasteiger partial charge in [0, 0.05) is 0 Å². The van der Waals surface area contributed by atoms with E-state index in [1.54, 1.807) is 0 Å². The maximum Gasteiger partial charge on any atom is 0.180 e. The summed E-state index contributed by atoms with van der Waals surface area (Å²) in [5.74, 6) is 0. The van der Waals surface area contributed by atoms with Crippen molar-refractivity contribution >= 4 is 0 Å². The second-order valence-corrected chi connectivity index (χ2v) is 1.75. The molecule has 0 aliphatic carbocycles. The highest BCUT2D eigenvalue weighted by Crippen LogP contribution is 1.92. The lowest BCUT2D eigenvalue weighted by molar-refractivity contribution is -0.148. The van der Waals surface area contributed by atoms with Crippen molar-refractivity contribution in [1.29, 1.82) is 0 Å². The quantitative estimate of drug-likeness (QED) is 0.414. The lowest BCUT2D eigenvalue weighted by Crippen LogP contribution is -2.25. The lowest BCUT2D eigenvalue weighted by atomic mass is 10.4. The molecular formula is C6H12O3. The monoisotopic (exact) mass is 132 g/mol. The molecule has 0 heterocycles. The molecule has 2 atom stereocenters. The summed E-state index contributed by atoms with van der Waals surface area (Å²) >= 11 is 0. The zero-order valence-electron chi connectivity index (χ0n) is 5.45. The molecule has 0 aromatic carbocycles. The molecular weight excluding hydrogens is 120 g/mol. The van der Waals surface area contributed by atoms with Crippen LogP contribution in [0.3, 0.4) is 0 Å². The first-order chi connectivity index (χ1) is 4.18. The third-order valence-corrected chi connectivity index (χ3v) is 0.798. The van der Waals surface area contributed by atoms with Crippen LogP contribution in [0.2, 0.25) is 0 Å². The van der Waals surface area contributed by atoms with Crippen LogP contribution in [-0.4, -0.2) is 29.2 Å². The molecule has 54 valence electrons. The average molecular weight is 132 g/mol. The highest BCUT2D eigenvalue weighted by molar-refractivity contribution is 4.65. The summed E-state index contributed by atoms with van der Waals surface area (Å²) in [6.07, 6.45) is -0.432. The normalized spacial score (nSPS) is 16.8. The van der Waals surface area contributed by atoms with Gasteiger partial charge in [0.1, 0.15) is 6.10 Å². The highest BCUT2D eigenvalue weighted by atomic mass is 16.6. The molecule has 0 rings (SSSR count). The van der Waals surface area contributed by atoms with E-state index in [4.69, 9.17) is 10.2 Å². The van der Waals surface area contributed by atoms with Gasteiger partial charge in [-0.05, 0) is 6.92 Å². The summed E-state index contributed by atoms with van der Waals surface area (Å²) in [5.41, 5.74) is 0. The number of hydrogen-bond acceptors (Lipinski definition) is 3. The Morgan fingerprint density at radius 3 is 2.56 bits per heavy atom. The molecule has 3 nitrogen and oxygen atoms in total. The molecule has 0 spiro atoms. The molecule has 0 saturated carbocycles. The Bertz CT molecular complexity index is 80.4. The van der Waals surface area contributed by atoms with Crippen LogP contribution >= 0.6 is 0 Å². The van der Waals surface area contributed by atoms with Crippen molar-refractivity contribution in [3.05, 3.63) is 12.7 Å². The van der Waals surface area contributed by atoms with Crippen molar-refractivity contribution in [2.45, 2.75) is 19.3 Å². The molecule has 0 saturated heterocycles. The van der Waals surface area contributed by atoms with Gasteiger partial charge >= 0.3 is 0 Å².